The van der Waals surface area contributed by atoms with Crippen molar-refractivity contribution < 1.29 is 14.3 Å². The molecule has 1 fully saturated rings. The van der Waals surface area contributed by atoms with Gasteiger partial charge in [-0.25, -0.2) is 0 Å². The van der Waals surface area contributed by atoms with E-state index in [2.05, 4.69) is 10.3 Å². The van der Waals surface area contributed by atoms with Gasteiger partial charge in [-0.3, -0.25) is 9.59 Å². The monoisotopic (exact) mass is 369 g/mol. The average Bonchev–Trinajstić information content (AvgIpc) is 3.29. The first-order chi connectivity index (χ1) is 12.7. The fourth-order valence-corrected chi connectivity index (χ4v) is 3.81. The van der Waals surface area contributed by atoms with E-state index in [1.165, 1.54) is 0 Å². The molecule has 4 rings (SSSR count). The van der Waals surface area contributed by atoms with Crippen molar-refractivity contribution in [1.29, 1.82) is 0 Å². The van der Waals surface area contributed by atoms with Gasteiger partial charge in [-0.05, 0) is 35.0 Å². The van der Waals surface area contributed by atoms with Crippen LogP contribution in [0.4, 0.5) is 5.69 Å². The van der Waals surface area contributed by atoms with E-state index in [0.29, 0.717) is 25.4 Å². The number of hydrogen-bond acceptors (Lipinski definition) is 4. The second-order valence-electron chi connectivity index (χ2n) is 6.23. The lowest BCUT2D eigenvalue weighted by atomic mass is 10.1. The number of rotatable bonds is 5. The standard InChI is InChI=1S/C19H19N3O3S/c23-18(21-14-4-3-13-5-6-20-16(13)10-14)11-17-19(24)22(7-8-25-17)12-15-2-1-9-26-15/h1-6,9-10,17,20H,7-8,11-12H2,(H,21,23). The predicted octanol–water partition coefficient (Wildman–Crippen LogP) is 2.99. The second kappa shape index (κ2) is 7.31. The molecule has 1 saturated heterocycles. The Hall–Kier alpha value is -2.64. The number of morpholine rings is 1. The molecule has 0 spiro atoms. The predicted molar refractivity (Wildman–Crippen MR) is 101 cm³/mol. The van der Waals surface area contributed by atoms with Gasteiger partial charge in [0.25, 0.3) is 5.91 Å². The number of benzene rings is 1. The molecule has 1 aliphatic rings. The molecule has 1 aromatic carbocycles. The van der Waals surface area contributed by atoms with Gasteiger partial charge in [0.05, 0.1) is 19.6 Å². The van der Waals surface area contributed by atoms with Crippen LogP contribution in [0.5, 0.6) is 0 Å². The normalized spacial score (nSPS) is 17.6. The Kier molecular flexibility index (Phi) is 4.73. The summed E-state index contributed by atoms with van der Waals surface area (Å²) in [6, 6.07) is 11.6. The molecule has 1 unspecified atom stereocenters. The highest BCUT2D eigenvalue weighted by atomic mass is 32.1. The van der Waals surface area contributed by atoms with E-state index in [0.717, 1.165) is 15.8 Å². The van der Waals surface area contributed by atoms with Gasteiger partial charge in [-0.2, -0.15) is 0 Å². The van der Waals surface area contributed by atoms with Crippen LogP contribution in [0.2, 0.25) is 0 Å². The van der Waals surface area contributed by atoms with E-state index in [-0.39, 0.29) is 18.2 Å². The maximum absolute atomic E-state index is 12.6. The molecule has 0 radical (unpaired) electrons. The summed E-state index contributed by atoms with van der Waals surface area (Å²) in [5.74, 6) is -0.355. The number of nitrogens with zero attached hydrogens (tertiary/aromatic N) is 1. The summed E-state index contributed by atoms with van der Waals surface area (Å²) in [7, 11) is 0. The van der Waals surface area contributed by atoms with Crippen LogP contribution in [0, 0.1) is 0 Å². The van der Waals surface area contributed by atoms with Gasteiger partial charge in [-0.1, -0.05) is 12.1 Å². The van der Waals surface area contributed by atoms with Crippen LogP contribution in [0.3, 0.4) is 0 Å². The summed E-state index contributed by atoms with van der Waals surface area (Å²) in [6.45, 7) is 1.57. The molecule has 0 aliphatic carbocycles. The summed E-state index contributed by atoms with van der Waals surface area (Å²) in [5.41, 5.74) is 1.65. The minimum Gasteiger partial charge on any atom is -0.366 e. The molecule has 3 heterocycles. The van der Waals surface area contributed by atoms with Crippen LogP contribution in [0.1, 0.15) is 11.3 Å². The first kappa shape index (κ1) is 16.8. The quantitative estimate of drug-likeness (QED) is 0.726. The number of amides is 2. The van der Waals surface area contributed by atoms with Crippen LogP contribution in [-0.4, -0.2) is 41.0 Å². The second-order valence-corrected chi connectivity index (χ2v) is 7.26. The smallest absolute Gasteiger partial charge is 0.252 e. The van der Waals surface area contributed by atoms with E-state index in [1.807, 2.05) is 48.0 Å². The molecule has 134 valence electrons. The summed E-state index contributed by atoms with van der Waals surface area (Å²) in [4.78, 5) is 31.0. The third-order valence-electron chi connectivity index (χ3n) is 4.40. The van der Waals surface area contributed by atoms with E-state index in [9.17, 15) is 9.59 Å². The molecule has 2 amide bonds. The van der Waals surface area contributed by atoms with Crippen molar-refractivity contribution in [2.75, 3.05) is 18.5 Å². The molecule has 6 nitrogen and oxygen atoms in total. The minimum absolute atomic E-state index is 0.0164. The highest BCUT2D eigenvalue weighted by molar-refractivity contribution is 7.09. The third kappa shape index (κ3) is 3.63. The van der Waals surface area contributed by atoms with Crippen LogP contribution in [0.15, 0.2) is 48.0 Å². The van der Waals surface area contributed by atoms with Crippen molar-refractivity contribution in [3.63, 3.8) is 0 Å². The summed E-state index contributed by atoms with van der Waals surface area (Å²) in [5, 5.41) is 5.92. The van der Waals surface area contributed by atoms with Crippen LogP contribution < -0.4 is 5.32 Å². The van der Waals surface area contributed by atoms with Crippen molar-refractivity contribution >= 4 is 39.7 Å². The van der Waals surface area contributed by atoms with Gasteiger partial charge >= 0.3 is 0 Å². The molecular formula is C19H19N3O3S. The molecule has 26 heavy (non-hydrogen) atoms. The molecule has 0 bridgehead atoms. The number of ether oxygens (including phenoxy) is 1. The van der Waals surface area contributed by atoms with Crippen molar-refractivity contribution in [2.45, 2.75) is 19.1 Å². The highest BCUT2D eigenvalue weighted by Crippen LogP contribution is 2.20. The number of carbonyl (C=O) groups excluding carboxylic acids is 2. The molecule has 2 aromatic heterocycles. The molecule has 0 saturated carbocycles. The fourth-order valence-electron chi connectivity index (χ4n) is 3.09. The zero-order chi connectivity index (χ0) is 17.9. The molecule has 1 aliphatic heterocycles. The number of H-pyrrole nitrogens is 1. The van der Waals surface area contributed by atoms with Crippen LogP contribution in [-0.2, 0) is 20.9 Å². The first-order valence-electron chi connectivity index (χ1n) is 8.49. The highest BCUT2D eigenvalue weighted by Gasteiger charge is 2.31. The molecular weight excluding hydrogens is 350 g/mol. The number of hydrogen-bond donors (Lipinski definition) is 2. The van der Waals surface area contributed by atoms with Crippen LogP contribution in [0.25, 0.3) is 10.9 Å². The first-order valence-corrected chi connectivity index (χ1v) is 9.37. The van der Waals surface area contributed by atoms with Crippen molar-refractivity contribution in [3.8, 4) is 0 Å². The SMILES string of the molecule is O=C(CC1OCCN(Cc2cccs2)C1=O)Nc1ccc2cc[nH]c2c1. The van der Waals surface area contributed by atoms with Crippen molar-refractivity contribution in [3.05, 3.63) is 52.9 Å². The number of fused-ring (bicyclic) bond motifs is 1. The molecule has 7 heteroatoms. The number of anilines is 1. The number of carbonyl (C=O) groups is 2. The van der Waals surface area contributed by atoms with Crippen molar-refractivity contribution in [1.82, 2.24) is 9.88 Å². The maximum atomic E-state index is 12.6. The van der Waals surface area contributed by atoms with Crippen LogP contribution >= 0.6 is 11.3 Å². The fraction of sp³-hybridized carbons (Fsp3) is 0.263. The molecule has 3 aromatic rings. The Morgan fingerprint density at radius 1 is 1.35 bits per heavy atom. The van der Waals surface area contributed by atoms with E-state index < -0.39 is 6.10 Å². The van der Waals surface area contributed by atoms with Crippen molar-refractivity contribution in [2.24, 2.45) is 0 Å². The van der Waals surface area contributed by atoms with E-state index >= 15 is 0 Å². The maximum Gasteiger partial charge on any atom is 0.252 e. The van der Waals surface area contributed by atoms with Gasteiger partial charge < -0.3 is 19.9 Å². The Balaban J connectivity index is 1.37. The largest absolute Gasteiger partial charge is 0.366 e. The topological polar surface area (TPSA) is 74.4 Å². The number of thiophene rings is 1. The lowest BCUT2D eigenvalue weighted by Gasteiger charge is -2.32. The summed E-state index contributed by atoms with van der Waals surface area (Å²) >= 11 is 1.62. The van der Waals surface area contributed by atoms with E-state index in [4.69, 9.17) is 4.74 Å². The Bertz CT molecular complexity index is 919. The zero-order valence-electron chi connectivity index (χ0n) is 14.1. The van der Waals surface area contributed by atoms with Gasteiger partial charge in [-0.15, -0.1) is 11.3 Å². The van der Waals surface area contributed by atoms with Gasteiger partial charge in [0.15, 0.2) is 0 Å². The Morgan fingerprint density at radius 2 is 2.27 bits per heavy atom. The summed E-state index contributed by atoms with van der Waals surface area (Å²) < 4.78 is 5.55. The Morgan fingerprint density at radius 3 is 3.12 bits per heavy atom. The summed E-state index contributed by atoms with van der Waals surface area (Å²) in [6.07, 6.45) is 1.15. The molecule has 2 N–H and O–H groups in total. The lowest BCUT2D eigenvalue weighted by Crippen LogP contribution is -2.48. The van der Waals surface area contributed by atoms with Gasteiger partial charge in [0.1, 0.15) is 6.10 Å². The lowest BCUT2D eigenvalue weighted by molar-refractivity contribution is -0.155. The van der Waals surface area contributed by atoms with E-state index in [1.54, 1.807) is 16.2 Å². The number of aromatic nitrogens is 1. The van der Waals surface area contributed by atoms with Gasteiger partial charge in [0, 0.05) is 28.8 Å². The minimum atomic E-state index is -0.724. The zero-order valence-corrected chi connectivity index (χ0v) is 14.9. The number of aromatic amines is 1. The number of nitrogens with one attached hydrogen (secondary N) is 2. The average molecular weight is 369 g/mol. The van der Waals surface area contributed by atoms with Gasteiger partial charge in [0.2, 0.25) is 5.91 Å². The Labute approximate surface area is 154 Å². The molecule has 1 atom stereocenters. The third-order valence-corrected chi connectivity index (χ3v) is 5.26.